The van der Waals surface area contributed by atoms with Crippen molar-refractivity contribution in [1.82, 2.24) is 10.3 Å². The van der Waals surface area contributed by atoms with E-state index in [0.29, 0.717) is 18.0 Å². The van der Waals surface area contributed by atoms with Crippen LogP contribution in [0.5, 0.6) is 0 Å². The Morgan fingerprint density at radius 2 is 1.88 bits per heavy atom. The van der Waals surface area contributed by atoms with E-state index in [1.807, 2.05) is 12.3 Å². The minimum atomic E-state index is -1.49. The zero-order valence-electron chi connectivity index (χ0n) is 16.9. The Hall–Kier alpha value is -0.713. The van der Waals surface area contributed by atoms with E-state index >= 15 is 0 Å². The summed E-state index contributed by atoms with van der Waals surface area (Å²) in [6.07, 6.45) is 10.1. The standard InChI is InChI=1S/C21H38N2OSi/c1-17(2)21(16-24-25(3,4)5)23-20(19-13-9-10-14-22-19)15-18-11-7-6-8-12-18/h9-10,13-14,17-18,20-21,23H,6-8,11-12,15-16H2,1-5H3/t20-,21+/m0/s1. The Balaban J connectivity index is 2.06. The second-order valence-electron chi connectivity index (χ2n) is 8.99. The highest BCUT2D eigenvalue weighted by molar-refractivity contribution is 6.69. The summed E-state index contributed by atoms with van der Waals surface area (Å²) in [5.74, 6) is 1.38. The first-order valence-electron chi connectivity index (χ1n) is 10.2. The van der Waals surface area contributed by atoms with Gasteiger partial charge in [-0.25, -0.2) is 0 Å². The van der Waals surface area contributed by atoms with Crippen molar-refractivity contribution in [3.05, 3.63) is 30.1 Å². The third kappa shape index (κ3) is 7.59. The maximum atomic E-state index is 6.24. The van der Waals surface area contributed by atoms with E-state index in [-0.39, 0.29) is 0 Å². The monoisotopic (exact) mass is 362 g/mol. The van der Waals surface area contributed by atoms with Crippen LogP contribution in [0.25, 0.3) is 0 Å². The molecule has 25 heavy (non-hydrogen) atoms. The van der Waals surface area contributed by atoms with Crippen LogP contribution >= 0.6 is 0 Å². The van der Waals surface area contributed by atoms with Crippen LogP contribution in [-0.4, -0.2) is 26.0 Å². The smallest absolute Gasteiger partial charge is 0.183 e. The Labute approximate surface area is 156 Å². The molecule has 1 aromatic rings. The lowest BCUT2D eigenvalue weighted by Crippen LogP contribution is -2.44. The lowest BCUT2D eigenvalue weighted by Gasteiger charge is -2.33. The van der Waals surface area contributed by atoms with Gasteiger partial charge in [-0.05, 0) is 50.0 Å². The van der Waals surface area contributed by atoms with Crippen LogP contribution in [-0.2, 0) is 4.43 Å². The molecule has 1 aliphatic rings. The molecule has 1 saturated carbocycles. The predicted octanol–water partition coefficient (Wildman–Crippen LogP) is 5.56. The number of pyridine rings is 1. The first-order chi connectivity index (χ1) is 11.8. The van der Waals surface area contributed by atoms with E-state index in [9.17, 15) is 0 Å². The maximum absolute atomic E-state index is 6.24. The van der Waals surface area contributed by atoms with Gasteiger partial charge >= 0.3 is 0 Å². The molecule has 1 fully saturated rings. The molecule has 142 valence electrons. The summed E-state index contributed by atoms with van der Waals surface area (Å²) in [7, 11) is -1.49. The summed E-state index contributed by atoms with van der Waals surface area (Å²) >= 11 is 0. The normalized spacial score (nSPS) is 19.1. The summed E-state index contributed by atoms with van der Waals surface area (Å²) in [6, 6.07) is 7.01. The fourth-order valence-corrected chi connectivity index (χ4v) is 4.32. The minimum Gasteiger partial charge on any atom is -0.416 e. The molecule has 1 aromatic heterocycles. The average Bonchev–Trinajstić information content (AvgIpc) is 2.58. The van der Waals surface area contributed by atoms with Crippen LogP contribution in [0.1, 0.15) is 64.1 Å². The Morgan fingerprint density at radius 1 is 1.16 bits per heavy atom. The molecule has 1 N–H and O–H groups in total. The molecule has 1 aliphatic carbocycles. The molecule has 3 nitrogen and oxygen atoms in total. The van der Waals surface area contributed by atoms with Crippen LogP contribution < -0.4 is 5.32 Å². The fourth-order valence-electron chi connectivity index (χ4n) is 3.64. The van der Waals surface area contributed by atoms with Crippen LogP contribution in [0.3, 0.4) is 0 Å². The Bertz CT molecular complexity index is 480. The van der Waals surface area contributed by atoms with Crippen molar-refractivity contribution < 1.29 is 4.43 Å². The van der Waals surface area contributed by atoms with E-state index in [2.05, 4.69) is 55.9 Å². The van der Waals surface area contributed by atoms with Gasteiger partial charge in [-0.2, -0.15) is 0 Å². The van der Waals surface area contributed by atoms with Crippen molar-refractivity contribution in [2.24, 2.45) is 11.8 Å². The summed E-state index contributed by atoms with van der Waals surface area (Å²) in [5.41, 5.74) is 1.19. The van der Waals surface area contributed by atoms with Crippen molar-refractivity contribution in [2.75, 3.05) is 6.61 Å². The van der Waals surface area contributed by atoms with E-state index in [0.717, 1.165) is 12.5 Å². The van der Waals surface area contributed by atoms with Gasteiger partial charge in [-0.1, -0.05) is 52.0 Å². The lowest BCUT2D eigenvalue weighted by atomic mass is 9.83. The van der Waals surface area contributed by atoms with E-state index in [4.69, 9.17) is 4.43 Å². The quantitative estimate of drug-likeness (QED) is 0.584. The molecule has 1 heterocycles. The van der Waals surface area contributed by atoms with Crippen molar-refractivity contribution in [3.63, 3.8) is 0 Å². The van der Waals surface area contributed by atoms with Gasteiger partial charge in [0.05, 0.1) is 11.7 Å². The maximum Gasteiger partial charge on any atom is 0.183 e. The van der Waals surface area contributed by atoms with Gasteiger partial charge in [0.2, 0.25) is 0 Å². The van der Waals surface area contributed by atoms with E-state index < -0.39 is 8.32 Å². The molecule has 0 aromatic carbocycles. The molecule has 0 unspecified atom stereocenters. The highest BCUT2D eigenvalue weighted by Gasteiger charge is 2.26. The van der Waals surface area contributed by atoms with Gasteiger partial charge in [0.25, 0.3) is 0 Å². The zero-order chi connectivity index (χ0) is 18.3. The van der Waals surface area contributed by atoms with Gasteiger partial charge in [0.1, 0.15) is 0 Å². The highest BCUT2D eigenvalue weighted by atomic mass is 28.4. The first kappa shape index (κ1) is 20.6. The summed E-state index contributed by atoms with van der Waals surface area (Å²) in [5, 5.41) is 3.92. The number of nitrogens with one attached hydrogen (secondary N) is 1. The van der Waals surface area contributed by atoms with Crippen LogP contribution in [0.4, 0.5) is 0 Å². The summed E-state index contributed by atoms with van der Waals surface area (Å²) in [4.78, 5) is 4.67. The van der Waals surface area contributed by atoms with E-state index in [1.54, 1.807) is 0 Å². The fraction of sp³-hybridized carbons (Fsp3) is 0.762. The van der Waals surface area contributed by atoms with Crippen LogP contribution in [0.15, 0.2) is 24.4 Å². The molecule has 0 bridgehead atoms. The van der Waals surface area contributed by atoms with Gasteiger partial charge < -0.3 is 9.74 Å². The number of hydrogen-bond acceptors (Lipinski definition) is 3. The molecule has 0 radical (unpaired) electrons. The molecular formula is C21H38N2OSi. The SMILES string of the molecule is CC(C)[C@@H](CO[Si](C)(C)C)N[C@@H](CC1CCCCC1)c1ccccn1. The van der Waals surface area contributed by atoms with E-state index in [1.165, 1.54) is 44.2 Å². The molecule has 0 amide bonds. The van der Waals surface area contributed by atoms with Crippen molar-refractivity contribution in [1.29, 1.82) is 0 Å². The number of hydrogen-bond donors (Lipinski definition) is 1. The number of nitrogens with zero attached hydrogens (tertiary/aromatic N) is 1. The second kappa shape index (κ2) is 9.84. The number of rotatable bonds is 9. The van der Waals surface area contributed by atoms with Crippen molar-refractivity contribution in [3.8, 4) is 0 Å². The molecule has 2 atom stereocenters. The molecule has 0 saturated heterocycles. The van der Waals surface area contributed by atoms with Gasteiger partial charge in [0, 0.05) is 18.8 Å². The highest BCUT2D eigenvalue weighted by Crippen LogP contribution is 2.32. The third-order valence-corrected chi connectivity index (χ3v) is 6.29. The van der Waals surface area contributed by atoms with Crippen molar-refractivity contribution in [2.45, 2.75) is 84.1 Å². The molecule has 2 rings (SSSR count). The molecule has 0 aliphatic heterocycles. The van der Waals surface area contributed by atoms with Crippen molar-refractivity contribution >= 4 is 8.32 Å². The predicted molar refractivity (Wildman–Crippen MR) is 109 cm³/mol. The first-order valence-corrected chi connectivity index (χ1v) is 13.6. The molecule has 4 heteroatoms. The van der Waals surface area contributed by atoms with Crippen LogP contribution in [0, 0.1) is 11.8 Å². The molecular weight excluding hydrogens is 324 g/mol. The third-order valence-electron chi connectivity index (χ3n) is 5.25. The second-order valence-corrected chi connectivity index (χ2v) is 13.5. The molecule has 0 spiro atoms. The van der Waals surface area contributed by atoms with Gasteiger partial charge in [-0.15, -0.1) is 0 Å². The van der Waals surface area contributed by atoms with Gasteiger partial charge in [-0.3, -0.25) is 4.98 Å². The average molecular weight is 363 g/mol. The van der Waals surface area contributed by atoms with Gasteiger partial charge in [0.15, 0.2) is 8.32 Å². The largest absolute Gasteiger partial charge is 0.416 e. The number of aromatic nitrogens is 1. The lowest BCUT2D eigenvalue weighted by molar-refractivity contribution is 0.196. The topological polar surface area (TPSA) is 34.1 Å². The Kier molecular flexibility index (Phi) is 8.11. The minimum absolute atomic E-state index is 0.335. The summed E-state index contributed by atoms with van der Waals surface area (Å²) in [6.45, 7) is 12.2. The zero-order valence-corrected chi connectivity index (χ0v) is 17.9. The summed E-state index contributed by atoms with van der Waals surface area (Å²) < 4.78 is 6.24. The van der Waals surface area contributed by atoms with Crippen LogP contribution in [0.2, 0.25) is 19.6 Å². The Morgan fingerprint density at radius 3 is 2.44 bits per heavy atom.